The smallest absolute Gasteiger partial charge is 0.447 e. The van der Waals surface area contributed by atoms with Crippen molar-refractivity contribution in [3.8, 4) is 0 Å². The van der Waals surface area contributed by atoms with Crippen LogP contribution >= 0.6 is 0 Å². The number of carbonyl (C=O) groups is 1. The van der Waals surface area contributed by atoms with Gasteiger partial charge in [-0.3, -0.25) is 4.55 Å². The maximum atomic E-state index is 13.4. The van der Waals surface area contributed by atoms with Gasteiger partial charge in [0, 0.05) is 0 Å². The highest BCUT2D eigenvalue weighted by molar-refractivity contribution is 7.87. The molecular formula is C15H10F4O5S. The first-order chi connectivity index (χ1) is 11.5. The molecule has 0 aliphatic rings. The Morgan fingerprint density at radius 1 is 0.920 bits per heavy atom. The molecule has 1 N–H and O–H groups in total. The third-order valence-corrected chi connectivity index (χ3v) is 3.95. The standard InChI is InChI=1S/C15H10F4O5S/c16-11-5-1-9(2-6-11)13(10-3-7-12(17)8-4-10)24-14(20)15(18,19)25(21,22)23/h1-8,13H,(H,21,22,23). The monoisotopic (exact) mass is 378 g/mol. The molecule has 25 heavy (non-hydrogen) atoms. The number of rotatable bonds is 5. The summed E-state index contributed by atoms with van der Waals surface area (Å²) in [5.41, 5.74) is 0.0417. The van der Waals surface area contributed by atoms with E-state index in [1.54, 1.807) is 0 Å². The summed E-state index contributed by atoms with van der Waals surface area (Å²) in [6, 6.07) is 8.29. The van der Waals surface area contributed by atoms with E-state index in [-0.39, 0.29) is 11.1 Å². The Balaban J connectivity index is 2.43. The van der Waals surface area contributed by atoms with Crippen molar-refractivity contribution in [2.45, 2.75) is 11.4 Å². The number of carbonyl (C=O) groups excluding carboxylic acids is 1. The average Bonchev–Trinajstić information content (AvgIpc) is 2.53. The Hall–Kier alpha value is -2.46. The van der Waals surface area contributed by atoms with E-state index in [1.165, 1.54) is 0 Å². The predicted octanol–water partition coefficient (Wildman–Crippen LogP) is 3.08. The lowest BCUT2D eigenvalue weighted by atomic mass is 10.0. The second-order valence-corrected chi connectivity index (χ2v) is 6.34. The number of alkyl halides is 2. The summed E-state index contributed by atoms with van der Waals surface area (Å²) in [6.45, 7) is 0. The van der Waals surface area contributed by atoms with E-state index in [1.807, 2.05) is 0 Å². The second kappa shape index (κ2) is 6.81. The van der Waals surface area contributed by atoms with Gasteiger partial charge in [-0.1, -0.05) is 24.3 Å². The van der Waals surface area contributed by atoms with Crippen molar-refractivity contribution in [2.75, 3.05) is 0 Å². The molecule has 0 aliphatic heterocycles. The van der Waals surface area contributed by atoms with Gasteiger partial charge in [0.1, 0.15) is 11.6 Å². The van der Waals surface area contributed by atoms with E-state index in [0.29, 0.717) is 0 Å². The number of halogens is 4. The van der Waals surface area contributed by atoms with Crippen molar-refractivity contribution in [1.29, 1.82) is 0 Å². The molecule has 0 saturated heterocycles. The summed E-state index contributed by atoms with van der Waals surface area (Å²) < 4.78 is 87.1. The van der Waals surface area contributed by atoms with Crippen LogP contribution in [0, 0.1) is 11.6 Å². The van der Waals surface area contributed by atoms with E-state index in [2.05, 4.69) is 4.74 Å². The summed E-state index contributed by atoms with van der Waals surface area (Å²) in [4.78, 5) is 11.5. The van der Waals surface area contributed by atoms with Crippen LogP contribution in [0.2, 0.25) is 0 Å². The topological polar surface area (TPSA) is 80.7 Å². The van der Waals surface area contributed by atoms with Crippen LogP contribution in [0.1, 0.15) is 17.2 Å². The van der Waals surface area contributed by atoms with Crippen LogP contribution in [-0.4, -0.2) is 24.2 Å². The molecule has 2 aromatic carbocycles. The normalized spacial score (nSPS) is 12.2. The van der Waals surface area contributed by atoms with E-state index in [9.17, 15) is 30.8 Å². The zero-order valence-electron chi connectivity index (χ0n) is 12.2. The quantitative estimate of drug-likeness (QED) is 0.491. The molecule has 0 heterocycles. The Labute approximate surface area is 139 Å². The van der Waals surface area contributed by atoms with Gasteiger partial charge in [0.2, 0.25) is 0 Å². The van der Waals surface area contributed by atoms with Crippen molar-refractivity contribution >= 4 is 16.1 Å². The lowest BCUT2D eigenvalue weighted by Gasteiger charge is -2.21. The first kappa shape index (κ1) is 18.9. The fourth-order valence-corrected chi connectivity index (χ4v) is 2.14. The molecule has 0 atom stereocenters. The molecule has 0 amide bonds. The minimum Gasteiger partial charge on any atom is -0.447 e. The maximum absolute atomic E-state index is 13.4. The summed E-state index contributed by atoms with van der Waals surface area (Å²) in [6.07, 6.45) is -1.58. The first-order valence-corrected chi connectivity index (χ1v) is 8.03. The van der Waals surface area contributed by atoms with Gasteiger partial charge in [-0.25, -0.2) is 13.6 Å². The van der Waals surface area contributed by atoms with Gasteiger partial charge in [-0.2, -0.15) is 17.2 Å². The molecule has 0 spiro atoms. The van der Waals surface area contributed by atoms with Crippen LogP contribution in [0.25, 0.3) is 0 Å². The second-order valence-electron chi connectivity index (χ2n) is 4.88. The van der Waals surface area contributed by atoms with Gasteiger partial charge in [-0.15, -0.1) is 0 Å². The summed E-state index contributed by atoms with van der Waals surface area (Å²) in [5, 5.41) is -5.20. The molecule has 134 valence electrons. The van der Waals surface area contributed by atoms with Crippen molar-refractivity contribution in [2.24, 2.45) is 0 Å². The summed E-state index contributed by atoms with van der Waals surface area (Å²) in [5.74, 6) is -3.85. The predicted molar refractivity (Wildman–Crippen MR) is 77.2 cm³/mol. The van der Waals surface area contributed by atoms with Crippen LogP contribution in [0.4, 0.5) is 17.6 Å². The zero-order chi connectivity index (χ0) is 18.8. The highest BCUT2D eigenvalue weighted by Gasteiger charge is 2.55. The number of hydrogen-bond donors (Lipinski definition) is 1. The van der Waals surface area contributed by atoms with Crippen molar-refractivity contribution < 1.29 is 40.1 Å². The number of ether oxygens (including phenoxy) is 1. The molecule has 0 saturated carbocycles. The number of esters is 1. The van der Waals surface area contributed by atoms with E-state index in [0.717, 1.165) is 48.5 Å². The Morgan fingerprint density at radius 3 is 1.60 bits per heavy atom. The molecule has 0 aliphatic carbocycles. The molecule has 0 unspecified atom stereocenters. The fraction of sp³-hybridized carbons (Fsp3) is 0.133. The van der Waals surface area contributed by atoms with Gasteiger partial charge in [0.25, 0.3) is 0 Å². The van der Waals surface area contributed by atoms with Gasteiger partial charge in [-0.05, 0) is 35.4 Å². The van der Waals surface area contributed by atoms with Gasteiger partial charge in [0.15, 0.2) is 6.10 Å². The fourth-order valence-electron chi connectivity index (χ4n) is 1.88. The van der Waals surface area contributed by atoms with E-state index < -0.39 is 39.1 Å². The SMILES string of the molecule is O=C(OC(c1ccc(F)cc1)c1ccc(F)cc1)C(F)(F)S(=O)(=O)O. The molecule has 0 bridgehead atoms. The third-order valence-electron chi connectivity index (χ3n) is 3.13. The van der Waals surface area contributed by atoms with Gasteiger partial charge in [0.05, 0.1) is 0 Å². The van der Waals surface area contributed by atoms with Crippen molar-refractivity contribution in [3.05, 3.63) is 71.3 Å². The lowest BCUT2D eigenvalue weighted by molar-refractivity contribution is -0.165. The van der Waals surface area contributed by atoms with Crippen LogP contribution in [0.5, 0.6) is 0 Å². The molecule has 0 radical (unpaired) electrons. The van der Waals surface area contributed by atoms with E-state index in [4.69, 9.17) is 4.55 Å². The average molecular weight is 378 g/mol. The van der Waals surface area contributed by atoms with Crippen LogP contribution in [0.15, 0.2) is 48.5 Å². The van der Waals surface area contributed by atoms with Crippen molar-refractivity contribution in [3.63, 3.8) is 0 Å². The molecule has 5 nitrogen and oxygen atoms in total. The van der Waals surface area contributed by atoms with Crippen LogP contribution < -0.4 is 0 Å². The molecule has 10 heteroatoms. The summed E-state index contributed by atoms with van der Waals surface area (Å²) >= 11 is 0. The van der Waals surface area contributed by atoms with Crippen molar-refractivity contribution in [1.82, 2.24) is 0 Å². The Kier molecular flexibility index (Phi) is 5.14. The van der Waals surface area contributed by atoms with E-state index >= 15 is 0 Å². The largest absolute Gasteiger partial charge is 0.465 e. The first-order valence-electron chi connectivity index (χ1n) is 6.59. The minimum atomic E-state index is -6.05. The number of benzene rings is 2. The number of hydrogen-bond acceptors (Lipinski definition) is 4. The minimum absolute atomic E-state index is 0.0208. The van der Waals surface area contributed by atoms with Gasteiger partial charge < -0.3 is 4.74 Å². The molecule has 0 aromatic heterocycles. The molecule has 2 rings (SSSR count). The van der Waals surface area contributed by atoms with Crippen LogP contribution in [0.3, 0.4) is 0 Å². The Bertz CT molecular complexity index is 818. The van der Waals surface area contributed by atoms with Crippen LogP contribution in [-0.2, 0) is 19.6 Å². The maximum Gasteiger partial charge on any atom is 0.465 e. The lowest BCUT2D eigenvalue weighted by Crippen LogP contribution is -2.39. The molecule has 2 aromatic rings. The Morgan fingerprint density at radius 2 is 1.28 bits per heavy atom. The molecular weight excluding hydrogens is 368 g/mol. The van der Waals surface area contributed by atoms with Gasteiger partial charge >= 0.3 is 21.3 Å². The summed E-state index contributed by atoms with van der Waals surface area (Å²) in [7, 11) is -6.05. The zero-order valence-corrected chi connectivity index (χ0v) is 13.0. The highest BCUT2D eigenvalue weighted by atomic mass is 32.2. The highest BCUT2D eigenvalue weighted by Crippen LogP contribution is 2.31. The third kappa shape index (κ3) is 4.15. The molecule has 0 fully saturated rings.